The van der Waals surface area contributed by atoms with Crippen molar-refractivity contribution < 1.29 is 17.9 Å². The van der Waals surface area contributed by atoms with E-state index in [1.807, 2.05) is 43.3 Å². The van der Waals surface area contributed by atoms with Gasteiger partial charge in [-0.05, 0) is 37.1 Å². The van der Waals surface area contributed by atoms with Crippen LogP contribution < -0.4 is 14.4 Å². The molecule has 0 fully saturated rings. The Labute approximate surface area is 161 Å². The molecule has 0 radical (unpaired) electrons. The molecule has 0 aromatic heterocycles. The van der Waals surface area contributed by atoms with Crippen LogP contribution in [0.25, 0.3) is 0 Å². The minimum Gasteiger partial charge on any atom is -0.496 e. The molecule has 0 heterocycles. The van der Waals surface area contributed by atoms with Crippen molar-refractivity contribution in [2.45, 2.75) is 19.8 Å². The number of hydrogen-bond donors (Lipinski definition) is 1. The van der Waals surface area contributed by atoms with Gasteiger partial charge in [-0.1, -0.05) is 35.9 Å². The molecule has 1 N–H and O–H groups in total. The van der Waals surface area contributed by atoms with Crippen LogP contribution in [0.2, 0.25) is 0 Å². The van der Waals surface area contributed by atoms with E-state index >= 15 is 0 Å². The Balaban J connectivity index is 1.89. The summed E-state index contributed by atoms with van der Waals surface area (Å²) in [6.07, 6.45) is 1.88. The summed E-state index contributed by atoms with van der Waals surface area (Å²) < 4.78 is 30.7. The van der Waals surface area contributed by atoms with Crippen LogP contribution in [-0.2, 0) is 21.2 Å². The van der Waals surface area contributed by atoms with Gasteiger partial charge in [-0.2, -0.15) is 0 Å². The molecule has 0 aliphatic carbocycles. The van der Waals surface area contributed by atoms with Crippen LogP contribution in [0, 0.1) is 6.92 Å². The summed E-state index contributed by atoms with van der Waals surface area (Å²) in [7, 11) is -1.85. The molecule has 1 amide bonds. The smallest absolute Gasteiger partial charge is 0.232 e. The first-order valence-electron chi connectivity index (χ1n) is 8.74. The third-order valence-corrected chi connectivity index (χ3v) is 5.37. The summed E-state index contributed by atoms with van der Waals surface area (Å²) in [5, 5.41) is 2.83. The Hall–Kier alpha value is -2.54. The van der Waals surface area contributed by atoms with Crippen LogP contribution in [0.3, 0.4) is 0 Å². The SMILES string of the molecule is COc1ccccc1CCNC(=O)CCN(c1ccc(C)cc1)S(C)(=O)=O. The summed E-state index contributed by atoms with van der Waals surface area (Å²) in [6, 6.07) is 14.8. The van der Waals surface area contributed by atoms with E-state index in [0.717, 1.165) is 23.1 Å². The highest BCUT2D eigenvalue weighted by molar-refractivity contribution is 7.92. The van der Waals surface area contributed by atoms with Crippen molar-refractivity contribution in [1.29, 1.82) is 0 Å². The van der Waals surface area contributed by atoms with Crippen molar-refractivity contribution in [2.75, 3.05) is 30.8 Å². The molecule has 0 saturated heterocycles. The van der Waals surface area contributed by atoms with Crippen LogP contribution in [0.5, 0.6) is 5.75 Å². The molecule has 0 aliphatic heterocycles. The predicted molar refractivity (Wildman–Crippen MR) is 108 cm³/mol. The van der Waals surface area contributed by atoms with Gasteiger partial charge in [-0.3, -0.25) is 9.10 Å². The lowest BCUT2D eigenvalue weighted by Crippen LogP contribution is -2.35. The number of sulfonamides is 1. The van der Waals surface area contributed by atoms with E-state index in [2.05, 4.69) is 5.32 Å². The fraction of sp³-hybridized carbons (Fsp3) is 0.350. The quantitative estimate of drug-likeness (QED) is 0.714. The highest BCUT2D eigenvalue weighted by atomic mass is 32.2. The molecule has 146 valence electrons. The first-order chi connectivity index (χ1) is 12.8. The normalized spacial score (nSPS) is 11.1. The predicted octanol–water partition coefficient (Wildman–Crippen LogP) is 2.52. The van der Waals surface area contributed by atoms with Crippen LogP contribution >= 0.6 is 0 Å². The van der Waals surface area contributed by atoms with E-state index in [1.165, 1.54) is 4.31 Å². The number of carbonyl (C=O) groups is 1. The zero-order valence-corrected chi connectivity index (χ0v) is 16.8. The maximum atomic E-state index is 12.1. The van der Waals surface area contributed by atoms with E-state index in [9.17, 15) is 13.2 Å². The Kier molecular flexibility index (Phi) is 7.24. The number of benzene rings is 2. The van der Waals surface area contributed by atoms with Gasteiger partial charge in [-0.15, -0.1) is 0 Å². The number of para-hydroxylation sites is 1. The molecule has 0 bridgehead atoms. The van der Waals surface area contributed by atoms with Gasteiger partial charge in [0.2, 0.25) is 15.9 Å². The molecule has 0 unspecified atom stereocenters. The van der Waals surface area contributed by atoms with Crippen molar-refractivity contribution in [1.82, 2.24) is 5.32 Å². The third-order valence-electron chi connectivity index (χ3n) is 4.17. The van der Waals surface area contributed by atoms with Gasteiger partial charge >= 0.3 is 0 Å². The van der Waals surface area contributed by atoms with Crippen LogP contribution in [0.4, 0.5) is 5.69 Å². The maximum Gasteiger partial charge on any atom is 0.232 e. The number of methoxy groups -OCH3 is 1. The Morgan fingerprint density at radius 2 is 1.78 bits per heavy atom. The Bertz CT molecular complexity index is 864. The number of nitrogens with one attached hydrogen (secondary N) is 1. The highest BCUT2D eigenvalue weighted by Crippen LogP contribution is 2.19. The number of aryl methyl sites for hydroxylation is 1. The molecule has 6 nitrogen and oxygen atoms in total. The molecule has 2 aromatic carbocycles. The van der Waals surface area contributed by atoms with Gasteiger partial charge in [0.1, 0.15) is 5.75 Å². The minimum atomic E-state index is -3.46. The van der Waals surface area contributed by atoms with E-state index in [1.54, 1.807) is 19.2 Å². The molecule has 0 aliphatic rings. The van der Waals surface area contributed by atoms with Crippen molar-refractivity contribution >= 4 is 21.6 Å². The fourth-order valence-corrected chi connectivity index (χ4v) is 3.66. The summed E-state index contributed by atoms with van der Waals surface area (Å²) in [5.74, 6) is 0.597. The number of amides is 1. The lowest BCUT2D eigenvalue weighted by Gasteiger charge is -2.22. The average molecular weight is 391 g/mol. The average Bonchev–Trinajstić information content (AvgIpc) is 2.62. The number of hydrogen-bond acceptors (Lipinski definition) is 4. The summed E-state index contributed by atoms with van der Waals surface area (Å²) in [6.45, 7) is 2.49. The first-order valence-corrected chi connectivity index (χ1v) is 10.6. The summed E-state index contributed by atoms with van der Waals surface area (Å²) in [5.41, 5.74) is 2.61. The number of nitrogens with zero attached hydrogens (tertiary/aromatic N) is 1. The number of rotatable bonds is 9. The second-order valence-corrected chi connectivity index (χ2v) is 8.24. The van der Waals surface area contributed by atoms with E-state index in [-0.39, 0.29) is 18.9 Å². The van der Waals surface area contributed by atoms with E-state index in [4.69, 9.17) is 4.74 Å². The Morgan fingerprint density at radius 3 is 2.41 bits per heavy atom. The second kappa shape index (κ2) is 9.41. The number of carbonyl (C=O) groups excluding carboxylic acids is 1. The molecule has 2 aromatic rings. The van der Waals surface area contributed by atoms with Crippen LogP contribution in [-0.4, -0.2) is 40.8 Å². The molecule has 0 spiro atoms. The lowest BCUT2D eigenvalue weighted by molar-refractivity contribution is -0.120. The van der Waals surface area contributed by atoms with E-state index in [0.29, 0.717) is 18.7 Å². The standard InChI is InChI=1S/C20H26N2O4S/c1-16-8-10-18(11-9-16)22(27(3,24)25)15-13-20(23)21-14-12-17-6-4-5-7-19(17)26-2/h4-11H,12-15H2,1-3H3,(H,21,23). The van der Waals surface area contributed by atoms with Gasteiger partial charge < -0.3 is 10.1 Å². The number of anilines is 1. The van der Waals surface area contributed by atoms with Gasteiger partial charge in [0.25, 0.3) is 0 Å². The lowest BCUT2D eigenvalue weighted by atomic mass is 10.1. The topological polar surface area (TPSA) is 75.7 Å². The zero-order valence-electron chi connectivity index (χ0n) is 15.9. The molecule has 0 atom stereocenters. The molecular weight excluding hydrogens is 364 g/mol. The zero-order chi connectivity index (χ0) is 19.9. The van der Waals surface area contributed by atoms with E-state index < -0.39 is 10.0 Å². The largest absolute Gasteiger partial charge is 0.496 e. The third kappa shape index (κ3) is 6.29. The van der Waals surface area contributed by atoms with Gasteiger partial charge in [0.05, 0.1) is 19.1 Å². The van der Waals surface area contributed by atoms with Crippen molar-refractivity contribution in [3.05, 3.63) is 59.7 Å². The molecule has 27 heavy (non-hydrogen) atoms. The molecular formula is C20H26N2O4S. The number of ether oxygens (including phenoxy) is 1. The van der Waals surface area contributed by atoms with Gasteiger partial charge in [-0.25, -0.2) is 8.42 Å². The highest BCUT2D eigenvalue weighted by Gasteiger charge is 2.18. The monoisotopic (exact) mass is 390 g/mol. The second-order valence-electron chi connectivity index (χ2n) is 6.33. The van der Waals surface area contributed by atoms with Gasteiger partial charge in [0, 0.05) is 19.5 Å². The van der Waals surface area contributed by atoms with Crippen molar-refractivity contribution in [2.24, 2.45) is 0 Å². The molecule has 2 rings (SSSR count). The Morgan fingerprint density at radius 1 is 1.11 bits per heavy atom. The first kappa shape index (κ1) is 20.8. The van der Waals surface area contributed by atoms with Gasteiger partial charge in [0.15, 0.2) is 0 Å². The maximum absolute atomic E-state index is 12.1. The minimum absolute atomic E-state index is 0.0901. The van der Waals surface area contributed by atoms with Crippen LogP contribution in [0.15, 0.2) is 48.5 Å². The summed E-state index contributed by atoms with van der Waals surface area (Å²) >= 11 is 0. The fourth-order valence-electron chi connectivity index (χ4n) is 2.73. The molecule has 7 heteroatoms. The van der Waals surface area contributed by atoms with Crippen molar-refractivity contribution in [3.63, 3.8) is 0 Å². The van der Waals surface area contributed by atoms with Crippen molar-refractivity contribution in [3.8, 4) is 5.75 Å². The van der Waals surface area contributed by atoms with Crippen LogP contribution in [0.1, 0.15) is 17.5 Å². The summed E-state index contributed by atoms with van der Waals surface area (Å²) in [4.78, 5) is 12.1. The molecule has 0 saturated carbocycles.